The van der Waals surface area contributed by atoms with Gasteiger partial charge in [-0.2, -0.15) is 0 Å². The number of allylic oxidation sites excluding steroid dienone is 13. The van der Waals surface area contributed by atoms with Crippen molar-refractivity contribution in [2.75, 3.05) is 40.9 Å². The molecule has 0 aliphatic carbocycles. The van der Waals surface area contributed by atoms with Crippen molar-refractivity contribution < 1.29 is 37.3 Å². The number of nitrogens with zero attached hydrogens (tertiary/aromatic N) is 1. The van der Waals surface area contributed by atoms with E-state index in [1.165, 1.54) is 218 Å². The number of quaternary nitrogens is 1. The number of hydrogen-bond donors (Lipinski definition) is 1. The summed E-state index contributed by atoms with van der Waals surface area (Å²) in [5.41, 5.74) is 0. The van der Waals surface area contributed by atoms with Crippen LogP contribution in [0.25, 0.3) is 0 Å². The van der Waals surface area contributed by atoms with Crippen LogP contribution in [0.2, 0.25) is 0 Å². The first-order valence-corrected chi connectivity index (χ1v) is 38.9. The van der Waals surface area contributed by atoms with E-state index in [9.17, 15) is 19.0 Å². The summed E-state index contributed by atoms with van der Waals surface area (Å²) in [6.07, 6.45) is 90.0. The molecule has 0 aliphatic rings. The van der Waals surface area contributed by atoms with Crippen LogP contribution in [-0.2, 0) is 27.9 Å². The average Bonchev–Trinajstić information content (AvgIpc) is 3.53. The summed E-state index contributed by atoms with van der Waals surface area (Å²) in [4.78, 5) is 40.2. The third-order valence-electron chi connectivity index (χ3n) is 16.5. The fourth-order valence-electron chi connectivity index (χ4n) is 10.8. The number of phosphoric acid groups is 1. The molecule has 3 atom stereocenters. The minimum Gasteiger partial charge on any atom is -0.756 e. The molecule has 9 nitrogen and oxygen atoms in total. The summed E-state index contributed by atoms with van der Waals surface area (Å²) in [6.45, 7) is 6.82. The normalized spacial score (nSPS) is 13.9. The second-order valence-corrected chi connectivity index (χ2v) is 27.9. The number of esters is 1. The zero-order chi connectivity index (χ0) is 64.2. The second-order valence-electron chi connectivity index (χ2n) is 26.4. The number of hydrogen-bond acceptors (Lipinski definition) is 7. The number of unbranched alkanes of at least 4 members (excludes halogenated alkanes) is 40. The summed E-state index contributed by atoms with van der Waals surface area (Å²) >= 11 is 0. The summed E-state index contributed by atoms with van der Waals surface area (Å²) in [6, 6.07) is -0.898. The Morgan fingerprint density at radius 2 is 0.693 bits per heavy atom. The summed E-state index contributed by atoms with van der Waals surface area (Å²) in [5, 5.41) is 3.04. The quantitative estimate of drug-likeness (QED) is 0.0212. The largest absolute Gasteiger partial charge is 0.756 e. The average molecular weight is 1250 g/mol. The molecular formula is C78H143N2O7P. The van der Waals surface area contributed by atoms with Gasteiger partial charge in [-0.25, -0.2) is 0 Å². The van der Waals surface area contributed by atoms with Crippen LogP contribution in [0.3, 0.4) is 0 Å². The molecule has 0 saturated carbocycles. The van der Waals surface area contributed by atoms with Crippen LogP contribution < -0.4 is 10.2 Å². The molecule has 0 bridgehead atoms. The maximum atomic E-state index is 13.6. The van der Waals surface area contributed by atoms with E-state index in [0.717, 1.165) is 96.3 Å². The van der Waals surface area contributed by atoms with Crippen molar-refractivity contribution in [3.63, 3.8) is 0 Å². The van der Waals surface area contributed by atoms with Crippen molar-refractivity contribution in [1.29, 1.82) is 0 Å². The SMILES string of the molecule is CCCCC/C=C\C/C=C\C/C=C\C/C=C\CCCCCCCCCC(=O)NC(COP(=O)([O-])OCC[N+](C)(C)C)C(/C=C/CCCCCCCCCCCC)OC(=O)CCCCCCCCCCCCCCCCCCC/C=C\C/C=C\CCCCC. The zero-order valence-electron chi connectivity index (χ0n) is 58.7. The number of likely N-dealkylation sites (N-methyl/N-ethyl adjacent to an activating group) is 1. The van der Waals surface area contributed by atoms with E-state index in [1.54, 1.807) is 0 Å². The summed E-state index contributed by atoms with van der Waals surface area (Å²) < 4.78 is 30.5. The Balaban J connectivity index is 5.01. The lowest BCUT2D eigenvalue weighted by molar-refractivity contribution is -0.870. The van der Waals surface area contributed by atoms with Crippen LogP contribution in [0, 0.1) is 0 Å². The van der Waals surface area contributed by atoms with Gasteiger partial charge in [0.1, 0.15) is 19.3 Å². The van der Waals surface area contributed by atoms with Gasteiger partial charge in [0.05, 0.1) is 33.8 Å². The summed E-state index contributed by atoms with van der Waals surface area (Å²) in [7, 11) is 1.18. The number of nitrogens with one attached hydrogen (secondary N) is 1. The van der Waals surface area contributed by atoms with E-state index in [2.05, 4.69) is 99.0 Å². The van der Waals surface area contributed by atoms with Crippen molar-refractivity contribution in [3.05, 3.63) is 85.1 Å². The first-order chi connectivity index (χ1) is 42.9. The highest BCUT2D eigenvalue weighted by Gasteiger charge is 2.27. The van der Waals surface area contributed by atoms with Crippen LogP contribution in [0.1, 0.15) is 348 Å². The molecule has 0 saturated heterocycles. The topological polar surface area (TPSA) is 114 Å². The molecule has 0 heterocycles. The van der Waals surface area contributed by atoms with Crippen molar-refractivity contribution >= 4 is 19.7 Å². The van der Waals surface area contributed by atoms with E-state index < -0.39 is 26.6 Å². The zero-order valence-corrected chi connectivity index (χ0v) is 59.6. The van der Waals surface area contributed by atoms with Crippen molar-refractivity contribution in [2.24, 2.45) is 0 Å². The highest BCUT2D eigenvalue weighted by atomic mass is 31.2. The first kappa shape index (κ1) is 85.2. The van der Waals surface area contributed by atoms with Gasteiger partial charge in [0, 0.05) is 12.8 Å². The van der Waals surface area contributed by atoms with Gasteiger partial charge in [-0.15, -0.1) is 0 Å². The van der Waals surface area contributed by atoms with Gasteiger partial charge >= 0.3 is 5.97 Å². The van der Waals surface area contributed by atoms with E-state index >= 15 is 0 Å². The lowest BCUT2D eigenvalue weighted by Crippen LogP contribution is -2.47. The molecule has 10 heteroatoms. The monoisotopic (exact) mass is 1250 g/mol. The third-order valence-corrected chi connectivity index (χ3v) is 17.5. The van der Waals surface area contributed by atoms with E-state index in [4.69, 9.17) is 13.8 Å². The van der Waals surface area contributed by atoms with E-state index in [0.29, 0.717) is 17.4 Å². The van der Waals surface area contributed by atoms with Gasteiger partial charge < -0.3 is 28.5 Å². The van der Waals surface area contributed by atoms with Gasteiger partial charge in [-0.1, -0.05) is 312 Å². The van der Waals surface area contributed by atoms with Crippen LogP contribution >= 0.6 is 7.82 Å². The number of rotatable bonds is 68. The number of phosphoric ester groups is 1. The van der Waals surface area contributed by atoms with Crippen LogP contribution in [0.5, 0.6) is 0 Å². The van der Waals surface area contributed by atoms with Gasteiger partial charge in [-0.3, -0.25) is 14.2 Å². The Bertz CT molecular complexity index is 1780. The van der Waals surface area contributed by atoms with Crippen molar-refractivity contribution in [1.82, 2.24) is 5.32 Å². The molecule has 3 unspecified atom stereocenters. The fourth-order valence-corrected chi connectivity index (χ4v) is 11.5. The molecule has 512 valence electrons. The molecule has 0 aromatic heterocycles. The highest BCUT2D eigenvalue weighted by Crippen LogP contribution is 2.38. The van der Waals surface area contributed by atoms with Gasteiger partial charge in [0.2, 0.25) is 5.91 Å². The minimum absolute atomic E-state index is 0.0264. The number of amides is 1. The van der Waals surface area contributed by atoms with Crippen molar-refractivity contribution in [2.45, 2.75) is 360 Å². The van der Waals surface area contributed by atoms with Crippen LogP contribution in [0.15, 0.2) is 85.1 Å². The molecule has 0 aliphatic heterocycles. The maximum Gasteiger partial charge on any atom is 0.306 e. The molecule has 0 spiro atoms. The van der Waals surface area contributed by atoms with Crippen LogP contribution in [-0.4, -0.2) is 69.4 Å². The molecule has 0 fully saturated rings. The first-order valence-electron chi connectivity index (χ1n) is 37.4. The molecule has 0 aromatic carbocycles. The van der Waals surface area contributed by atoms with E-state index in [-0.39, 0.29) is 24.9 Å². The maximum absolute atomic E-state index is 13.6. The lowest BCUT2D eigenvalue weighted by Gasteiger charge is -2.30. The molecule has 88 heavy (non-hydrogen) atoms. The van der Waals surface area contributed by atoms with Crippen molar-refractivity contribution in [3.8, 4) is 0 Å². The van der Waals surface area contributed by atoms with Gasteiger partial charge in [0.25, 0.3) is 7.82 Å². The summed E-state index contributed by atoms with van der Waals surface area (Å²) in [5.74, 6) is -0.543. The molecule has 0 rings (SSSR count). The predicted octanol–water partition coefficient (Wildman–Crippen LogP) is 23.4. The molecular weight excluding hydrogens is 1110 g/mol. The molecule has 0 aromatic rings. The number of carbonyl (C=O) groups is 2. The Morgan fingerprint density at radius 3 is 1.06 bits per heavy atom. The number of ether oxygens (including phenoxy) is 1. The molecule has 0 radical (unpaired) electrons. The predicted molar refractivity (Wildman–Crippen MR) is 381 cm³/mol. The standard InChI is InChI=1S/C78H143N2O7P/c1-7-10-13-16-19-22-25-28-30-32-34-36-38-39-40-41-43-45-47-49-51-53-56-59-62-65-68-71-78(82)87-76(69-66-63-60-57-54-27-24-21-18-15-12-9-3)75(74-86-88(83,84)85-73-72-80(4,5)6)79-77(81)70-67-64-61-58-55-52-50-48-46-44-42-37-35-33-31-29-26-23-20-17-14-11-8-2/h19-20,22-23,28-31,35,37,44,46,66,69,75-76H,7-18,21,24-27,32-34,36,38-43,45,47-65,67-68,70-74H2,1-6H3,(H-,79,81,83,84)/b22-19-,23-20-,30-28-,31-29-,37-35-,46-44-,69-66+. The fraction of sp³-hybridized carbons (Fsp3) is 0.795. The lowest BCUT2D eigenvalue weighted by atomic mass is 10.0. The molecule has 1 amide bonds. The smallest absolute Gasteiger partial charge is 0.306 e. The Labute approximate surface area is 546 Å². The van der Waals surface area contributed by atoms with Crippen LogP contribution in [0.4, 0.5) is 0 Å². The third kappa shape index (κ3) is 67.6. The number of carbonyl (C=O) groups excluding carboxylic acids is 2. The second kappa shape index (κ2) is 67.1. The molecule has 1 N–H and O–H groups in total. The van der Waals surface area contributed by atoms with E-state index in [1.807, 2.05) is 33.3 Å². The highest BCUT2D eigenvalue weighted by molar-refractivity contribution is 7.45. The van der Waals surface area contributed by atoms with Gasteiger partial charge in [-0.05, 0) is 109 Å². The van der Waals surface area contributed by atoms with Gasteiger partial charge in [0.15, 0.2) is 0 Å². The Hall–Kier alpha value is -2.81. The Kier molecular flexibility index (Phi) is 64.9. The minimum atomic E-state index is -4.71. The Morgan fingerprint density at radius 1 is 0.398 bits per heavy atom.